The molecule has 114 valence electrons. The fraction of sp³-hybridized carbons (Fsp3) is 0.692. The largest absolute Gasteiger partial charge is 0.481 e. The van der Waals surface area contributed by atoms with Crippen LogP contribution in [-0.4, -0.2) is 46.8 Å². The van der Waals surface area contributed by atoms with Crippen molar-refractivity contribution in [1.29, 1.82) is 0 Å². The van der Waals surface area contributed by atoms with Crippen LogP contribution in [0.3, 0.4) is 0 Å². The third-order valence-corrected chi connectivity index (χ3v) is 3.03. The van der Waals surface area contributed by atoms with E-state index in [2.05, 4.69) is 5.32 Å². The summed E-state index contributed by atoms with van der Waals surface area (Å²) in [5.41, 5.74) is 0. The van der Waals surface area contributed by atoms with Gasteiger partial charge >= 0.3 is 11.9 Å². The Hall–Kier alpha value is -1.76. The Kier molecular flexibility index (Phi) is 8.38. The zero-order valence-corrected chi connectivity index (χ0v) is 11.7. The summed E-state index contributed by atoms with van der Waals surface area (Å²) >= 11 is 0. The van der Waals surface area contributed by atoms with Gasteiger partial charge in [0.15, 0.2) is 0 Å². The van der Waals surface area contributed by atoms with E-state index in [1.54, 1.807) is 0 Å². The SMILES string of the molecule is CNC(CCC(=O)CC(CCC(C)=O)C(=O)O)C(=O)O. The van der Waals surface area contributed by atoms with Gasteiger partial charge in [0.2, 0.25) is 0 Å². The Morgan fingerprint density at radius 1 is 1.00 bits per heavy atom. The van der Waals surface area contributed by atoms with Crippen LogP contribution in [0.2, 0.25) is 0 Å². The molecule has 0 aromatic rings. The highest BCUT2D eigenvalue weighted by Crippen LogP contribution is 2.15. The van der Waals surface area contributed by atoms with E-state index < -0.39 is 23.9 Å². The summed E-state index contributed by atoms with van der Waals surface area (Å²) in [6.45, 7) is 1.37. The highest BCUT2D eigenvalue weighted by molar-refractivity contribution is 5.85. The van der Waals surface area contributed by atoms with E-state index in [0.29, 0.717) is 0 Å². The van der Waals surface area contributed by atoms with Crippen molar-refractivity contribution in [3.63, 3.8) is 0 Å². The molecule has 0 fully saturated rings. The molecule has 0 bridgehead atoms. The lowest BCUT2D eigenvalue weighted by Gasteiger charge is -2.13. The molecule has 0 aliphatic carbocycles. The maximum atomic E-state index is 11.7. The Balaban J connectivity index is 4.29. The third-order valence-electron chi connectivity index (χ3n) is 3.03. The Morgan fingerprint density at radius 2 is 1.60 bits per heavy atom. The van der Waals surface area contributed by atoms with Crippen LogP contribution in [0.15, 0.2) is 0 Å². The first kappa shape index (κ1) is 18.2. The zero-order chi connectivity index (χ0) is 15.7. The Labute approximate surface area is 117 Å². The fourth-order valence-electron chi connectivity index (χ4n) is 1.76. The molecular weight excluding hydrogens is 266 g/mol. The molecule has 0 aromatic carbocycles. The van der Waals surface area contributed by atoms with Crippen LogP contribution in [0, 0.1) is 5.92 Å². The van der Waals surface area contributed by atoms with Gasteiger partial charge in [0.25, 0.3) is 0 Å². The zero-order valence-electron chi connectivity index (χ0n) is 11.7. The van der Waals surface area contributed by atoms with Gasteiger partial charge in [-0.2, -0.15) is 0 Å². The lowest BCUT2D eigenvalue weighted by atomic mass is 9.94. The van der Waals surface area contributed by atoms with Crippen molar-refractivity contribution in [3.05, 3.63) is 0 Å². The molecule has 0 heterocycles. The molecule has 0 amide bonds. The fourth-order valence-corrected chi connectivity index (χ4v) is 1.76. The van der Waals surface area contributed by atoms with E-state index >= 15 is 0 Å². The van der Waals surface area contributed by atoms with Crippen LogP contribution >= 0.6 is 0 Å². The van der Waals surface area contributed by atoms with Gasteiger partial charge in [-0.05, 0) is 26.8 Å². The van der Waals surface area contributed by atoms with Gasteiger partial charge in [0, 0.05) is 19.3 Å². The second-order valence-electron chi connectivity index (χ2n) is 4.74. The maximum Gasteiger partial charge on any atom is 0.320 e. The summed E-state index contributed by atoms with van der Waals surface area (Å²) in [5.74, 6) is -3.47. The number of ketones is 2. The standard InChI is InChI=1S/C13H21NO6/c1-8(15)3-4-9(12(17)18)7-10(16)5-6-11(14-2)13(19)20/h9,11,14H,3-7H2,1-2H3,(H,17,18)(H,19,20). The van der Waals surface area contributed by atoms with Crippen LogP contribution < -0.4 is 5.32 Å². The first-order chi connectivity index (χ1) is 9.27. The number of carboxylic acid groups (broad SMARTS) is 2. The molecular formula is C13H21NO6. The number of carboxylic acids is 2. The van der Waals surface area contributed by atoms with Gasteiger partial charge in [-0.3, -0.25) is 14.4 Å². The molecule has 2 atom stereocenters. The van der Waals surface area contributed by atoms with Crippen molar-refractivity contribution in [2.45, 2.75) is 45.1 Å². The second kappa shape index (κ2) is 9.19. The number of aliphatic carboxylic acids is 2. The normalized spacial score (nSPS) is 13.5. The monoisotopic (exact) mass is 287 g/mol. The van der Waals surface area contributed by atoms with E-state index in [9.17, 15) is 19.2 Å². The van der Waals surface area contributed by atoms with Gasteiger partial charge in [0.05, 0.1) is 5.92 Å². The minimum absolute atomic E-state index is 0.00164. The number of Topliss-reactive ketones (excluding diaryl/α,β-unsaturated/α-hetero) is 2. The van der Waals surface area contributed by atoms with Crippen LogP contribution in [0.1, 0.15) is 39.0 Å². The van der Waals surface area contributed by atoms with Gasteiger partial charge in [-0.1, -0.05) is 0 Å². The van der Waals surface area contributed by atoms with Crippen LogP contribution in [0.5, 0.6) is 0 Å². The minimum atomic E-state index is -1.11. The summed E-state index contributed by atoms with van der Waals surface area (Å²) in [4.78, 5) is 44.2. The van der Waals surface area contributed by atoms with E-state index in [1.807, 2.05) is 0 Å². The number of hydrogen-bond acceptors (Lipinski definition) is 5. The van der Waals surface area contributed by atoms with Gasteiger partial charge < -0.3 is 20.3 Å². The average molecular weight is 287 g/mol. The molecule has 0 saturated carbocycles. The van der Waals surface area contributed by atoms with Crippen LogP contribution in [0.4, 0.5) is 0 Å². The molecule has 0 aliphatic heterocycles. The lowest BCUT2D eigenvalue weighted by Crippen LogP contribution is -2.34. The average Bonchev–Trinajstić information content (AvgIpc) is 2.34. The molecule has 0 rings (SSSR count). The quantitative estimate of drug-likeness (QED) is 0.505. The van der Waals surface area contributed by atoms with Gasteiger partial charge in [-0.25, -0.2) is 0 Å². The number of likely N-dealkylation sites (N-methyl/N-ethyl adjacent to an activating group) is 1. The summed E-state index contributed by atoms with van der Waals surface area (Å²) in [7, 11) is 1.48. The van der Waals surface area contributed by atoms with Crippen molar-refractivity contribution in [2.24, 2.45) is 5.92 Å². The van der Waals surface area contributed by atoms with Gasteiger partial charge in [-0.15, -0.1) is 0 Å². The molecule has 20 heavy (non-hydrogen) atoms. The van der Waals surface area contributed by atoms with Crippen LogP contribution in [-0.2, 0) is 19.2 Å². The maximum absolute atomic E-state index is 11.7. The van der Waals surface area contributed by atoms with Crippen molar-refractivity contribution < 1.29 is 29.4 Å². The first-order valence-electron chi connectivity index (χ1n) is 6.42. The highest BCUT2D eigenvalue weighted by atomic mass is 16.4. The highest BCUT2D eigenvalue weighted by Gasteiger charge is 2.23. The van der Waals surface area contributed by atoms with Crippen molar-refractivity contribution in [1.82, 2.24) is 5.32 Å². The Morgan fingerprint density at radius 3 is 2.00 bits per heavy atom. The molecule has 2 unspecified atom stereocenters. The van der Waals surface area contributed by atoms with Crippen molar-refractivity contribution in [2.75, 3.05) is 7.05 Å². The first-order valence-corrected chi connectivity index (χ1v) is 6.42. The number of carbonyl (C=O) groups is 4. The third kappa shape index (κ3) is 7.63. The number of nitrogens with one attached hydrogen (secondary N) is 1. The second-order valence-corrected chi connectivity index (χ2v) is 4.74. The van der Waals surface area contributed by atoms with E-state index in [4.69, 9.17) is 10.2 Å². The minimum Gasteiger partial charge on any atom is -0.481 e. The van der Waals surface area contributed by atoms with Gasteiger partial charge in [0.1, 0.15) is 17.6 Å². The van der Waals surface area contributed by atoms with E-state index in [1.165, 1.54) is 14.0 Å². The summed E-state index contributed by atoms with van der Waals surface area (Å²) < 4.78 is 0. The molecule has 0 spiro atoms. The van der Waals surface area contributed by atoms with Crippen molar-refractivity contribution in [3.8, 4) is 0 Å². The van der Waals surface area contributed by atoms with Crippen molar-refractivity contribution >= 4 is 23.5 Å². The Bertz CT molecular complexity index is 379. The molecule has 7 nitrogen and oxygen atoms in total. The number of carbonyl (C=O) groups excluding carboxylic acids is 2. The molecule has 0 aliphatic rings. The summed E-state index contributed by atoms with van der Waals surface area (Å²) in [5, 5.41) is 20.3. The lowest BCUT2D eigenvalue weighted by molar-refractivity contribution is -0.144. The predicted octanol–water partition coefficient (Wildman–Crippen LogP) is 0.468. The summed E-state index contributed by atoms with van der Waals surface area (Å²) in [6, 6.07) is -0.820. The smallest absolute Gasteiger partial charge is 0.320 e. The van der Waals surface area contributed by atoms with E-state index in [0.717, 1.165) is 0 Å². The number of hydrogen-bond donors (Lipinski definition) is 3. The topological polar surface area (TPSA) is 121 Å². The molecule has 3 N–H and O–H groups in total. The molecule has 7 heteroatoms. The molecule has 0 saturated heterocycles. The summed E-state index contributed by atoms with van der Waals surface area (Å²) in [6.07, 6.45) is 0.202. The molecule has 0 aromatic heterocycles. The molecule has 0 radical (unpaired) electrons. The predicted molar refractivity (Wildman–Crippen MR) is 70.4 cm³/mol. The van der Waals surface area contributed by atoms with Crippen LogP contribution in [0.25, 0.3) is 0 Å². The van der Waals surface area contributed by atoms with E-state index in [-0.39, 0.29) is 43.7 Å². The number of rotatable bonds is 11.